The molecule has 0 radical (unpaired) electrons. The third-order valence-electron chi connectivity index (χ3n) is 2.83. The molecule has 0 aliphatic heterocycles. The SMILES string of the molecule is CCOP(=O)(CC(C)c1ccc(OC)cc1)OCC. The van der Waals surface area contributed by atoms with Gasteiger partial charge in [-0.3, -0.25) is 4.57 Å². The average Bonchev–Trinajstić information content (AvgIpc) is 2.39. The van der Waals surface area contributed by atoms with Crippen LogP contribution in [0.15, 0.2) is 24.3 Å². The van der Waals surface area contributed by atoms with Crippen LogP contribution in [0.25, 0.3) is 0 Å². The average molecular weight is 286 g/mol. The summed E-state index contributed by atoms with van der Waals surface area (Å²) >= 11 is 0. The van der Waals surface area contributed by atoms with Gasteiger partial charge < -0.3 is 13.8 Å². The van der Waals surface area contributed by atoms with Crippen LogP contribution in [0.5, 0.6) is 5.75 Å². The summed E-state index contributed by atoms with van der Waals surface area (Å²) in [5, 5.41) is 0. The van der Waals surface area contributed by atoms with E-state index in [9.17, 15) is 4.57 Å². The third kappa shape index (κ3) is 4.98. The van der Waals surface area contributed by atoms with Crippen molar-refractivity contribution < 1.29 is 18.3 Å². The van der Waals surface area contributed by atoms with Gasteiger partial charge in [-0.25, -0.2) is 0 Å². The summed E-state index contributed by atoms with van der Waals surface area (Å²) in [6, 6.07) is 7.76. The Hall–Kier alpha value is -0.830. The van der Waals surface area contributed by atoms with E-state index in [0.29, 0.717) is 19.4 Å². The lowest BCUT2D eigenvalue weighted by Crippen LogP contribution is -2.06. The molecular formula is C14H23O4P. The highest BCUT2D eigenvalue weighted by Gasteiger charge is 2.27. The zero-order chi connectivity index (χ0) is 14.3. The number of ether oxygens (including phenoxy) is 1. The van der Waals surface area contributed by atoms with Gasteiger partial charge in [0.1, 0.15) is 5.75 Å². The molecule has 4 nitrogen and oxygen atoms in total. The van der Waals surface area contributed by atoms with Crippen LogP contribution in [0.3, 0.4) is 0 Å². The third-order valence-corrected chi connectivity index (χ3v) is 5.13. The van der Waals surface area contributed by atoms with Gasteiger partial charge in [0.15, 0.2) is 0 Å². The first-order chi connectivity index (χ1) is 9.04. The fraction of sp³-hybridized carbons (Fsp3) is 0.571. The zero-order valence-electron chi connectivity index (χ0n) is 12.1. The molecule has 108 valence electrons. The summed E-state index contributed by atoms with van der Waals surface area (Å²) in [5.74, 6) is 0.920. The summed E-state index contributed by atoms with van der Waals surface area (Å²) in [7, 11) is -1.36. The molecule has 1 aromatic carbocycles. The maximum atomic E-state index is 12.5. The van der Waals surface area contributed by atoms with Crippen molar-refractivity contribution in [2.45, 2.75) is 26.7 Å². The molecule has 1 unspecified atom stereocenters. The molecule has 0 saturated heterocycles. The molecule has 19 heavy (non-hydrogen) atoms. The lowest BCUT2D eigenvalue weighted by molar-refractivity contribution is 0.219. The zero-order valence-corrected chi connectivity index (χ0v) is 13.0. The Kier molecular flexibility index (Phi) is 6.56. The van der Waals surface area contributed by atoms with E-state index in [1.807, 2.05) is 45.0 Å². The van der Waals surface area contributed by atoms with Crippen molar-refractivity contribution in [2.24, 2.45) is 0 Å². The van der Waals surface area contributed by atoms with Crippen molar-refractivity contribution in [1.82, 2.24) is 0 Å². The van der Waals surface area contributed by atoms with Crippen LogP contribution in [0, 0.1) is 0 Å². The second kappa shape index (κ2) is 7.68. The van der Waals surface area contributed by atoms with Crippen LogP contribution in [0.4, 0.5) is 0 Å². The van der Waals surface area contributed by atoms with E-state index < -0.39 is 7.60 Å². The van der Waals surface area contributed by atoms with Gasteiger partial charge in [0.05, 0.1) is 26.5 Å². The lowest BCUT2D eigenvalue weighted by Gasteiger charge is -2.21. The molecule has 0 amide bonds. The fourth-order valence-electron chi connectivity index (χ4n) is 1.91. The van der Waals surface area contributed by atoms with E-state index >= 15 is 0 Å². The molecule has 1 aromatic rings. The maximum Gasteiger partial charge on any atom is 0.331 e. The maximum absolute atomic E-state index is 12.5. The van der Waals surface area contributed by atoms with E-state index in [4.69, 9.17) is 13.8 Å². The Morgan fingerprint density at radius 1 is 1.11 bits per heavy atom. The molecule has 1 rings (SSSR count). The number of benzene rings is 1. The molecule has 1 atom stereocenters. The largest absolute Gasteiger partial charge is 0.497 e. The molecule has 0 fully saturated rings. The van der Waals surface area contributed by atoms with Crippen LogP contribution < -0.4 is 4.74 Å². The highest BCUT2D eigenvalue weighted by atomic mass is 31.2. The van der Waals surface area contributed by atoms with Crippen LogP contribution >= 0.6 is 7.60 Å². The van der Waals surface area contributed by atoms with Gasteiger partial charge in [0.25, 0.3) is 0 Å². The second-order valence-corrected chi connectivity index (χ2v) is 6.41. The number of hydrogen-bond donors (Lipinski definition) is 0. The van der Waals surface area contributed by atoms with Crippen molar-refractivity contribution in [2.75, 3.05) is 26.5 Å². The highest BCUT2D eigenvalue weighted by Crippen LogP contribution is 2.51. The molecule has 0 aliphatic carbocycles. The van der Waals surface area contributed by atoms with E-state index in [1.165, 1.54) is 0 Å². The molecule has 5 heteroatoms. The fourth-order valence-corrected chi connectivity index (χ4v) is 3.86. The molecule has 0 bridgehead atoms. The predicted molar refractivity (Wildman–Crippen MR) is 77.1 cm³/mol. The Morgan fingerprint density at radius 3 is 2.05 bits per heavy atom. The van der Waals surface area contributed by atoms with Crippen LogP contribution in [-0.2, 0) is 13.6 Å². The van der Waals surface area contributed by atoms with E-state index in [-0.39, 0.29) is 5.92 Å². The van der Waals surface area contributed by atoms with Gasteiger partial charge >= 0.3 is 7.60 Å². The molecular weight excluding hydrogens is 263 g/mol. The summed E-state index contributed by atoms with van der Waals surface area (Å²) in [5.41, 5.74) is 1.10. The molecule has 0 heterocycles. The summed E-state index contributed by atoms with van der Waals surface area (Å²) in [6.45, 7) is 6.46. The predicted octanol–water partition coefficient (Wildman–Crippen LogP) is 4.06. The number of rotatable bonds is 8. The minimum atomic E-state index is -2.99. The highest BCUT2D eigenvalue weighted by molar-refractivity contribution is 7.53. The molecule has 0 aliphatic rings. The van der Waals surface area contributed by atoms with Crippen molar-refractivity contribution >= 4 is 7.60 Å². The smallest absolute Gasteiger partial charge is 0.331 e. The Balaban J connectivity index is 2.75. The van der Waals surface area contributed by atoms with Crippen molar-refractivity contribution in [3.8, 4) is 5.75 Å². The normalized spacial score (nSPS) is 13.3. The monoisotopic (exact) mass is 286 g/mol. The minimum absolute atomic E-state index is 0.106. The Bertz CT molecular complexity index is 406. The Morgan fingerprint density at radius 2 is 1.63 bits per heavy atom. The van der Waals surface area contributed by atoms with Crippen LogP contribution in [0.1, 0.15) is 32.3 Å². The van der Waals surface area contributed by atoms with Gasteiger partial charge in [-0.05, 0) is 37.5 Å². The van der Waals surface area contributed by atoms with Crippen LogP contribution in [-0.4, -0.2) is 26.5 Å². The number of methoxy groups -OCH3 is 1. The van der Waals surface area contributed by atoms with Gasteiger partial charge in [0, 0.05) is 0 Å². The van der Waals surface area contributed by atoms with E-state index in [2.05, 4.69) is 0 Å². The summed E-state index contributed by atoms with van der Waals surface area (Å²) in [6.07, 6.45) is 0.390. The second-order valence-electron chi connectivity index (χ2n) is 4.30. The Labute approximate surface area is 115 Å². The standard InChI is InChI=1S/C14H23O4P/c1-5-17-19(15,18-6-2)11-12(3)13-7-9-14(16-4)10-8-13/h7-10,12H,5-6,11H2,1-4H3. The van der Waals surface area contributed by atoms with Gasteiger partial charge in [-0.2, -0.15) is 0 Å². The lowest BCUT2D eigenvalue weighted by atomic mass is 10.0. The van der Waals surface area contributed by atoms with E-state index in [1.54, 1.807) is 7.11 Å². The first-order valence-electron chi connectivity index (χ1n) is 6.56. The molecule has 0 saturated carbocycles. The summed E-state index contributed by atoms with van der Waals surface area (Å²) < 4.78 is 28.2. The quantitative estimate of drug-likeness (QED) is 0.676. The minimum Gasteiger partial charge on any atom is -0.497 e. The van der Waals surface area contributed by atoms with Crippen molar-refractivity contribution in [3.63, 3.8) is 0 Å². The summed E-state index contributed by atoms with van der Waals surface area (Å²) in [4.78, 5) is 0. The van der Waals surface area contributed by atoms with Crippen molar-refractivity contribution in [1.29, 1.82) is 0 Å². The van der Waals surface area contributed by atoms with E-state index in [0.717, 1.165) is 11.3 Å². The van der Waals surface area contributed by atoms with Gasteiger partial charge in [-0.15, -0.1) is 0 Å². The first kappa shape index (κ1) is 16.2. The van der Waals surface area contributed by atoms with Crippen LogP contribution in [0.2, 0.25) is 0 Å². The van der Waals surface area contributed by atoms with Gasteiger partial charge in [-0.1, -0.05) is 19.1 Å². The topological polar surface area (TPSA) is 44.8 Å². The molecule has 0 spiro atoms. The molecule has 0 aromatic heterocycles. The first-order valence-corrected chi connectivity index (χ1v) is 8.29. The molecule has 0 N–H and O–H groups in total. The van der Waals surface area contributed by atoms with Crippen molar-refractivity contribution in [3.05, 3.63) is 29.8 Å². The van der Waals surface area contributed by atoms with Gasteiger partial charge in [0.2, 0.25) is 0 Å². The number of hydrogen-bond acceptors (Lipinski definition) is 4.